The first kappa shape index (κ1) is 15.2. The van der Waals surface area contributed by atoms with Crippen LogP contribution in [0.15, 0.2) is 53.0 Å². The highest BCUT2D eigenvalue weighted by molar-refractivity contribution is 14.1. The van der Waals surface area contributed by atoms with Gasteiger partial charge in [0.2, 0.25) is 5.91 Å². The lowest BCUT2D eigenvalue weighted by Crippen LogP contribution is -2.17. The molecule has 0 spiro atoms. The van der Waals surface area contributed by atoms with E-state index in [1.807, 2.05) is 24.3 Å². The number of Topliss-reactive ketones (excluding diaryl/α,β-unsaturated/α-hetero) is 1. The van der Waals surface area contributed by atoms with E-state index in [-0.39, 0.29) is 18.1 Å². The molecule has 0 radical (unpaired) electrons. The van der Waals surface area contributed by atoms with Crippen LogP contribution in [0, 0.1) is 3.57 Å². The topological polar surface area (TPSA) is 46.2 Å². The average Bonchev–Trinajstić information content (AvgIpc) is 2.41. The van der Waals surface area contributed by atoms with Gasteiger partial charge in [-0.1, -0.05) is 34.1 Å². The Balaban J connectivity index is 2.00. The molecule has 102 valence electrons. The number of carbonyl (C=O) groups excluding carboxylic acids is 2. The Hall–Kier alpha value is -1.21. The van der Waals surface area contributed by atoms with E-state index in [0.29, 0.717) is 11.3 Å². The summed E-state index contributed by atoms with van der Waals surface area (Å²) in [6, 6.07) is 14.5. The van der Waals surface area contributed by atoms with Crippen LogP contribution < -0.4 is 5.32 Å². The molecule has 0 bridgehead atoms. The first-order valence-corrected chi connectivity index (χ1v) is 7.76. The van der Waals surface area contributed by atoms with Crippen LogP contribution in [0.2, 0.25) is 0 Å². The van der Waals surface area contributed by atoms with Crippen LogP contribution in [0.4, 0.5) is 5.69 Å². The second-order valence-electron chi connectivity index (χ2n) is 4.13. The zero-order valence-corrected chi connectivity index (χ0v) is 14.1. The maximum Gasteiger partial charge on any atom is 0.232 e. The molecule has 2 aromatic carbocycles. The van der Waals surface area contributed by atoms with Gasteiger partial charge < -0.3 is 5.32 Å². The Morgan fingerprint density at radius 3 is 2.35 bits per heavy atom. The molecule has 0 aliphatic carbocycles. The summed E-state index contributed by atoms with van der Waals surface area (Å²) >= 11 is 5.41. The zero-order chi connectivity index (χ0) is 14.5. The minimum absolute atomic E-state index is 0.157. The van der Waals surface area contributed by atoms with Crippen LogP contribution in [0.3, 0.4) is 0 Å². The Morgan fingerprint density at radius 1 is 1.05 bits per heavy atom. The van der Waals surface area contributed by atoms with E-state index in [1.165, 1.54) is 0 Å². The van der Waals surface area contributed by atoms with E-state index in [1.54, 1.807) is 24.3 Å². The summed E-state index contributed by atoms with van der Waals surface area (Å²) in [4.78, 5) is 23.9. The number of benzene rings is 2. The Kier molecular flexibility index (Phi) is 5.31. The van der Waals surface area contributed by atoms with Gasteiger partial charge in [-0.15, -0.1) is 0 Å². The predicted octanol–water partition coefficient (Wildman–Crippen LogP) is 4.27. The van der Waals surface area contributed by atoms with Gasteiger partial charge in [0.05, 0.1) is 6.42 Å². The standard InChI is InChI=1S/C15H11BrINO2/c16-10-5-7-11(8-6-10)18-15(20)9-14(19)12-3-1-2-4-13(12)17/h1-8H,9H2,(H,18,20). The lowest BCUT2D eigenvalue weighted by molar-refractivity contribution is -0.115. The van der Waals surface area contributed by atoms with E-state index < -0.39 is 0 Å². The third-order valence-corrected chi connectivity index (χ3v) is 4.09. The third kappa shape index (κ3) is 4.14. The summed E-state index contributed by atoms with van der Waals surface area (Å²) in [5, 5.41) is 2.71. The SMILES string of the molecule is O=C(CC(=O)c1ccccc1I)Nc1ccc(Br)cc1. The molecule has 0 fully saturated rings. The number of ketones is 1. The van der Waals surface area contributed by atoms with Gasteiger partial charge in [-0.25, -0.2) is 0 Å². The molecule has 2 rings (SSSR count). The van der Waals surface area contributed by atoms with Gasteiger partial charge in [-0.2, -0.15) is 0 Å². The number of carbonyl (C=O) groups is 2. The van der Waals surface area contributed by atoms with Crippen molar-refractivity contribution in [2.75, 3.05) is 5.32 Å². The van der Waals surface area contributed by atoms with Crippen LogP contribution in [0.1, 0.15) is 16.8 Å². The third-order valence-electron chi connectivity index (χ3n) is 2.62. The monoisotopic (exact) mass is 443 g/mol. The number of hydrogen-bond donors (Lipinski definition) is 1. The molecule has 0 saturated carbocycles. The molecule has 5 heteroatoms. The molecule has 1 N–H and O–H groups in total. The first-order chi connectivity index (χ1) is 9.56. The molecule has 0 aliphatic heterocycles. The molecule has 0 unspecified atom stereocenters. The molecule has 0 aliphatic rings. The maximum absolute atomic E-state index is 12.0. The van der Waals surface area contributed by atoms with Gasteiger partial charge in [0.15, 0.2) is 5.78 Å². The van der Waals surface area contributed by atoms with Gasteiger partial charge in [-0.3, -0.25) is 9.59 Å². The van der Waals surface area contributed by atoms with Crippen LogP contribution in [0.5, 0.6) is 0 Å². The number of amides is 1. The molecule has 2 aromatic rings. The number of nitrogens with one attached hydrogen (secondary N) is 1. The van der Waals surface area contributed by atoms with Crippen molar-refractivity contribution in [1.82, 2.24) is 0 Å². The van der Waals surface area contributed by atoms with Crippen molar-refractivity contribution in [3.05, 3.63) is 62.1 Å². The van der Waals surface area contributed by atoms with E-state index >= 15 is 0 Å². The summed E-state index contributed by atoms with van der Waals surface area (Å²) in [7, 11) is 0. The fraction of sp³-hybridized carbons (Fsp3) is 0.0667. The maximum atomic E-state index is 12.0. The summed E-state index contributed by atoms with van der Waals surface area (Å²) in [5.74, 6) is -0.485. The molecule has 20 heavy (non-hydrogen) atoms. The van der Waals surface area contributed by atoms with Gasteiger partial charge in [-0.05, 0) is 52.9 Å². The molecular formula is C15H11BrINO2. The number of rotatable bonds is 4. The molecule has 0 heterocycles. The number of halogens is 2. The van der Waals surface area contributed by atoms with Crippen molar-refractivity contribution in [1.29, 1.82) is 0 Å². The van der Waals surface area contributed by atoms with Gasteiger partial charge >= 0.3 is 0 Å². The van der Waals surface area contributed by atoms with Crippen LogP contribution in [0.25, 0.3) is 0 Å². The summed E-state index contributed by atoms with van der Waals surface area (Å²) < 4.78 is 1.79. The molecule has 0 saturated heterocycles. The van der Waals surface area contributed by atoms with Gasteiger partial charge in [0.25, 0.3) is 0 Å². The van der Waals surface area contributed by atoms with Crippen molar-refractivity contribution in [3.63, 3.8) is 0 Å². The Morgan fingerprint density at radius 2 is 1.70 bits per heavy atom. The van der Waals surface area contributed by atoms with E-state index in [4.69, 9.17) is 0 Å². The fourth-order valence-electron chi connectivity index (χ4n) is 1.67. The van der Waals surface area contributed by atoms with Crippen LogP contribution in [-0.2, 0) is 4.79 Å². The largest absolute Gasteiger partial charge is 0.326 e. The highest BCUT2D eigenvalue weighted by Crippen LogP contribution is 2.16. The number of hydrogen-bond acceptors (Lipinski definition) is 2. The van der Waals surface area contributed by atoms with Crippen molar-refractivity contribution >= 4 is 55.9 Å². The number of anilines is 1. The fourth-order valence-corrected chi connectivity index (χ4v) is 2.62. The van der Waals surface area contributed by atoms with Crippen LogP contribution >= 0.6 is 38.5 Å². The van der Waals surface area contributed by atoms with Crippen molar-refractivity contribution < 1.29 is 9.59 Å². The van der Waals surface area contributed by atoms with Crippen molar-refractivity contribution in [3.8, 4) is 0 Å². The summed E-state index contributed by atoms with van der Waals surface area (Å²) in [6.07, 6.45) is -0.157. The molecule has 0 atom stereocenters. The Bertz CT molecular complexity index is 641. The smallest absolute Gasteiger partial charge is 0.232 e. The van der Waals surface area contributed by atoms with Gasteiger partial charge in [0.1, 0.15) is 0 Å². The first-order valence-electron chi connectivity index (χ1n) is 5.89. The van der Waals surface area contributed by atoms with E-state index in [2.05, 4.69) is 43.8 Å². The van der Waals surface area contributed by atoms with E-state index in [0.717, 1.165) is 8.04 Å². The molecule has 3 nitrogen and oxygen atoms in total. The van der Waals surface area contributed by atoms with E-state index in [9.17, 15) is 9.59 Å². The van der Waals surface area contributed by atoms with Crippen molar-refractivity contribution in [2.24, 2.45) is 0 Å². The molecular weight excluding hydrogens is 433 g/mol. The van der Waals surface area contributed by atoms with Crippen LogP contribution in [-0.4, -0.2) is 11.7 Å². The second kappa shape index (κ2) is 6.99. The van der Waals surface area contributed by atoms with Crippen molar-refractivity contribution in [2.45, 2.75) is 6.42 Å². The minimum Gasteiger partial charge on any atom is -0.326 e. The molecule has 0 aromatic heterocycles. The highest BCUT2D eigenvalue weighted by atomic mass is 127. The van der Waals surface area contributed by atoms with Gasteiger partial charge in [0, 0.05) is 19.3 Å². The minimum atomic E-state index is -0.308. The summed E-state index contributed by atoms with van der Waals surface area (Å²) in [5.41, 5.74) is 1.26. The predicted molar refractivity (Wildman–Crippen MR) is 90.9 cm³/mol. The lowest BCUT2D eigenvalue weighted by Gasteiger charge is -2.06. The summed E-state index contributed by atoms with van der Waals surface area (Å²) in [6.45, 7) is 0. The lowest BCUT2D eigenvalue weighted by atomic mass is 10.1. The second-order valence-corrected chi connectivity index (χ2v) is 6.21. The Labute approximate surface area is 139 Å². The average molecular weight is 444 g/mol. The normalized spacial score (nSPS) is 10.1. The quantitative estimate of drug-likeness (QED) is 0.436. The molecule has 1 amide bonds. The highest BCUT2D eigenvalue weighted by Gasteiger charge is 2.14. The zero-order valence-electron chi connectivity index (χ0n) is 10.4.